The Morgan fingerprint density at radius 3 is 2.62 bits per heavy atom. The summed E-state index contributed by atoms with van der Waals surface area (Å²) < 4.78 is 7.65. The lowest BCUT2D eigenvalue weighted by atomic mass is 9.83. The number of fused-ring (bicyclic) bond motifs is 1. The normalized spacial score (nSPS) is 19.5. The van der Waals surface area contributed by atoms with Crippen LogP contribution in [0.3, 0.4) is 0 Å². The molecule has 1 atom stereocenters. The lowest BCUT2D eigenvalue weighted by Crippen LogP contribution is -2.32. The zero-order chi connectivity index (χ0) is 18.3. The second-order valence-electron chi connectivity index (χ2n) is 7.62. The second-order valence-corrected chi connectivity index (χ2v) is 7.62. The first kappa shape index (κ1) is 16.9. The van der Waals surface area contributed by atoms with E-state index in [1.165, 1.54) is 5.56 Å². The summed E-state index contributed by atoms with van der Waals surface area (Å²) in [5, 5.41) is 10.6. The number of carboxylic acids is 1. The number of carbonyl (C=O) groups is 1. The van der Waals surface area contributed by atoms with Crippen LogP contribution in [-0.4, -0.2) is 27.9 Å². The molecule has 0 saturated carbocycles. The van der Waals surface area contributed by atoms with Crippen LogP contribution < -0.4 is 0 Å². The van der Waals surface area contributed by atoms with Gasteiger partial charge in [0.1, 0.15) is 5.69 Å². The molecule has 1 fully saturated rings. The molecular weight excluding hydrogens is 326 g/mol. The molecule has 0 radical (unpaired) electrons. The van der Waals surface area contributed by atoms with Crippen LogP contribution in [0.25, 0.3) is 16.6 Å². The fourth-order valence-electron chi connectivity index (χ4n) is 4.02. The first-order valence-electron chi connectivity index (χ1n) is 9.03. The molecular formula is C22H23NO3. The van der Waals surface area contributed by atoms with Gasteiger partial charge in [-0.1, -0.05) is 24.3 Å². The Hall–Kier alpha value is -2.59. The monoisotopic (exact) mass is 349 g/mol. The highest BCUT2D eigenvalue weighted by atomic mass is 16.5. The van der Waals surface area contributed by atoms with Gasteiger partial charge in [0.25, 0.3) is 0 Å². The van der Waals surface area contributed by atoms with E-state index in [1.807, 2.05) is 41.0 Å². The van der Waals surface area contributed by atoms with Gasteiger partial charge in [-0.25, -0.2) is 4.79 Å². The molecule has 1 N–H and O–H groups in total. The minimum Gasteiger partial charge on any atom is -0.477 e. The van der Waals surface area contributed by atoms with Crippen molar-refractivity contribution in [3.05, 3.63) is 65.9 Å². The van der Waals surface area contributed by atoms with E-state index < -0.39 is 5.97 Å². The molecule has 1 aromatic heterocycles. The first-order valence-corrected chi connectivity index (χ1v) is 9.03. The summed E-state index contributed by atoms with van der Waals surface area (Å²) in [5.74, 6) is -0.477. The quantitative estimate of drug-likeness (QED) is 0.724. The summed E-state index contributed by atoms with van der Waals surface area (Å²) in [6.45, 7) is 5.03. The SMILES string of the molecule is CC1(C)CC(c2ccc3c(c2)cc(C(=O)O)n3-c2ccccc2)CCO1. The fraction of sp³-hybridized carbons (Fsp3) is 0.318. The van der Waals surface area contributed by atoms with E-state index in [0.717, 1.165) is 36.0 Å². The molecule has 1 aliphatic rings. The number of benzene rings is 2. The molecule has 0 spiro atoms. The predicted octanol–water partition coefficient (Wildman–Crippen LogP) is 5.00. The van der Waals surface area contributed by atoms with E-state index in [-0.39, 0.29) is 11.3 Å². The first-order chi connectivity index (χ1) is 12.4. The molecule has 2 heterocycles. The molecule has 26 heavy (non-hydrogen) atoms. The average Bonchev–Trinajstić information content (AvgIpc) is 3.00. The van der Waals surface area contributed by atoms with Crippen molar-refractivity contribution in [3.63, 3.8) is 0 Å². The third kappa shape index (κ3) is 3.01. The molecule has 3 aromatic rings. The van der Waals surface area contributed by atoms with E-state index in [4.69, 9.17) is 4.74 Å². The van der Waals surface area contributed by atoms with Crippen LogP contribution in [0.15, 0.2) is 54.6 Å². The second kappa shape index (κ2) is 6.29. The number of hydrogen-bond donors (Lipinski definition) is 1. The Morgan fingerprint density at radius 2 is 1.92 bits per heavy atom. The van der Waals surface area contributed by atoms with Crippen LogP contribution in [0.5, 0.6) is 0 Å². The number of para-hydroxylation sites is 1. The Labute approximate surface area is 153 Å². The molecule has 2 aromatic carbocycles. The molecule has 0 bridgehead atoms. The maximum Gasteiger partial charge on any atom is 0.352 e. The van der Waals surface area contributed by atoms with Gasteiger partial charge >= 0.3 is 5.97 Å². The van der Waals surface area contributed by atoms with Gasteiger partial charge in [0.05, 0.1) is 11.1 Å². The van der Waals surface area contributed by atoms with Crippen LogP contribution >= 0.6 is 0 Å². The number of rotatable bonds is 3. The molecule has 4 nitrogen and oxygen atoms in total. The molecule has 0 aliphatic carbocycles. The lowest BCUT2D eigenvalue weighted by molar-refractivity contribution is -0.0592. The Morgan fingerprint density at radius 1 is 1.15 bits per heavy atom. The van der Waals surface area contributed by atoms with Crippen molar-refractivity contribution in [1.82, 2.24) is 4.57 Å². The Balaban J connectivity index is 1.82. The summed E-state index contributed by atoms with van der Waals surface area (Å²) in [6, 6.07) is 17.7. The summed E-state index contributed by atoms with van der Waals surface area (Å²) in [4.78, 5) is 11.8. The van der Waals surface area contributed by atoms with Crippen LogP contribution in [-0.2, 0) is 4.74 Å². The summed E-state index contributed by atoms with van der Waals surface area (Å²) in [6.07, 6.45) is 1.98. The van der Waals surface area contributed by atoms with Gasteiger partial charge in [-0.3, -0.25) is 0 Å². The van der Waals surface area contributed by atoms with Gasteiger partial charge in [-0.05, 0) is 68.5 Å². The Kier molecular flexibility index (Phi) is 4.08. The standard InChI is InChI=1S/C22H23NO3/c1-22(2)14-16(10-11-26-22)15-8-9-19-17(12-15)13-20(21(24)25)23(19)18-6-4-3-5-7-18/h3-9,12-13,16H,10-11,14H2,1-2H3,(H,24,25). The summed E-state index contributed by atoms with van der Waals surface area (Å²) >= 11 is 0. The molecule has 0 amide bonds. The zero-order valence-corrected chi connectivity index (χ0v) is 15.1. The number of hydrogen-bond acceptors (Lipinski definition) is 2. The molecule has 1 aliphatic heterocycles. The van der Waals surface area contributed by atoms with E-state index in [1.54, 1.807) is 6.07 Å². The van der Waals surface area contributed by atoms with Gasteiger partial charge < -0.3 is 14.4 Å². The smallest absolute Gasteiger partial charge is 0.352 e. The molecule has 4 heteroatoms. The van der Waals surface area contributed by atoms with Gasteiger partial charge in [0.15, 0.2) is 0 Å². The van der Waals surface area contributed by atoms with E-state index in [9.17, 15) is 9.90 Å². The third-order valence-corrected chi connectivity index (χ3v) is 5.23. The van der Waals surface area contributed by atoms with Crippen LogP contribution in [0.4, 0.5) is 0 Å². The number of aromatic carboxylic acids is 1. The van der Waals surface area contributed by atoms with Crippen molar-refractivity contribution in [2.75, 3.05) is 6.61 Å². The predicted molar refractivity (Wildman–Crippen MR) is 102 cm³/mol. The van der Waals surface area contributed by atoms with Crippen molar-refractivity contribution < 1.29 is 14.6 Å². The minimum absolute atomic E-state index is 0.111. The number of ether oxygens (including phenoxy) is 1. The summed E-state index contributed by atoms with van der Waals surface area (Å²) in [7, 11) is 0. The molecule has 4 rings (SSSR count). The van der Waals surface area contributed by atoms with Gasteiger partial charge in [0.2, 0.25) is 0 Å². The van der Waals surface area contributed by atoms with E-state index in [0.29, 0.717) is 5.92 Å². The van der Waals surface area contributed by atoms with Crippen LogP contribution in [0.1, 0.15) is 48.7 Å². The highest BCUT2D eigenvalue weighted by Crippen LogP contribution is 2.37. The average molecular weight is 349 g/mol. The van der Waals surface area contributed by atoms with Gasteiger partial charge in [-0.2, -0.15) is 0 Å². The largest absolute Gasteiger partial charge is 0.477 e. The maximum absolute atomic E-state index is 11.8. The highest BCUT2D eigenvalue weighted by Gasteiger charge is 2.30. The number of aromatic nitrogens is 1. The van der Waals surface area contributed by atoms with Crippen molar-refractivity contribution in [1.29, 1.82) is 0 Å². The van der Waals surface area contributed by atoms with Crippen molar-refractivity contribution in [2.24, 2.45) is 0 Å². The van der Waals surface area contributed by atoms with Crippen molar-refractivity contribution in [2.45, 2.75) is 38.2 Å². The third-order valence-electron chi connectivity index (χ3n) is 5.23. The van der Waals surface area contributed by atoms with E-state index >= 15 is 0 Å². The van der Waals surface area contributed by atoms with Crippen LogP contribution in [0, 0.1) is 0 Å². The molecule has 134 valence electrons. The maximum atomic E-state index is 11.8. The zero-order valence-electron chi connectivity index (χ0n) is 15.1. The topological polar surface area (TPSA) is 51.5 Å². The minimum atomic E-state index is -0.918. The molecule has 1 saturated heterocycles. The fourth-order valence-corrected chi connectivity index (χ4v) is 4.02. The Bertz CT molecular complexity index is 956. The number of carboxylic acid groups (broad SMARTS) is 1. The van der Waals surface area contributed by atoms with Gasteiger partial charge in [-0.15, -0.1) is 0 Å². The van der Waals surface area contributed by atoms with Crippen molar-refractivity contribution in [3.8, 4) is 5.69 Å². The lowest BCUT2D eigenvalue weighted by Gasteiger charge is -2.35. The van der Waals surface area contributed by atoms with Gasteiger partial charge in [0, 0.05) is 17.7 Å². The van der Waals surface area contributed by atoms with Crippen LogP contribution in [0.2, 0.25) is 0 Å². The highest BCUT2D eigenvalue weighted by molar-refractivity contribution is 5.96. The van der Waals surface area contributed by atoms with Crippen molar-refractivity contribution >= 4 is 16.9 Å². The van der Waals surface area contributed by atoms with E-state index in [2.05, 4.69) is 26.0 Å². The number of nitrogens with zero attached hydrogens (tertiary/aromatic N) is 1. The summed E-state index contributed by atoms with van der Waals surface area (Å²) in [5.41, 5.74) is 3.22. The molecule has 1 unspecified atom stereocenters.